The van der Waals surface area contributed by atoms with Crippen molar-refractivity contribution in [2.45, 2.75) is 20.3 Å². The molecule has 0 amide bonds. The maximum atomic E-state index is 5.57. The fourth-order valence-electron chi connectivity index (χ4n) is 2.21. The lowest BCUT2D eigenvalue weighted by Crippen LogP contribution is -2.23. The lowest BCUT2D eigenvalue weighted by Gasteiger charge is -2.25. The van der Waals surface area contributed by atoms with Gasteiger partial charge in [0.15, 0.2) is 0 Å². The molecule has 0 saturated heterocycles. The van der Waals surface area contributed by atoms with Gasteiger partial charge in [0.2, 0.25) is 0 Å². The van der Waals surface area contributed by atoms with E-state index in [2.05, 4.69) is 37.2 Å². The fourth-order valence-corrected chi connectivity index (χ4v) is 2.21. The van der Waals surface area contributed by atoms with E-state index < -0.39 is 0 Å². The molecule has 0 fully saturated rings. The van der Waals surface area contributed by atoms with Gasteiger partial charge in [0.25, 0.3) is 0 Å². The molecule has 0 aromatic heterocycles. The molecule has 0 bridgehead atoms. The van der Waals surface area contributed by atoms with E-state index in [9.17, 15) is 0 Å². The van der Waals surface area contributed by atoms with Crippen LogP contribution in [-0.2, 0) is 0 Å². The zero-order chi connectivity index (χ0) is 14.4. The molecular formula is C15H26N2O2. The van der Waals surface area contributed by atoms with Crippen LogP contribution in [0.25, 0.3) is 0 Å². The van der Waals surface area contributed by atoms with Gasteiger partial charge in [0.1, 0.15) is 11.5 Å². The Morgan fingerprint density at radius 3 is 2.37 bits per heavy atom. The number of nitrogens with one attached hydrogen (secondary N) is 1. The largest absolute Gasteiger partial charge is 0.496 e. The molecule has 0 aliphatic carbocycles. The topological polar surface area (TPSA) is 33.7 Å². The molecule has 19 heavy (non-hydrogen) atoms. The first-order chi connectivity index (χ1) is 9.06. The minimum atomic E-state index is 0.911. The van der Waals surface area contributed by atoms with Gasteiger partial charge in [-0.15, -0.1) is 0 Å². The van der Waals surface area contributed by atoms with Gasteiger partial charge in [-0.05, 0) is 45.0 Å². The molecule has 1 N–H and O–H groups in total. The highest BCUT2D eigenvalue weighted by atomic mass is 16.5. The highest BCUT2D eigenvalue weighted by Crippen LogP contribution is 2.38. The first-order valence-corrected chi connectivity index (χ1v) is 6.64. The molecule has 0 aliphatic heterocycles. The van der Waals surface area contributed by atoms with Crippen molar-refractivity contribution in [3.63, 3.8) is 0 Å². The molecule has 1 rings (SSSR count). The van der Waals surface area contributed by atoms with Gasteiger partial charge in [-0.25, -0.2) is 0 Å². The Bertz CT molecular complexity index is 419. The summed E-state index contributed by atoms with van der Waals surface area (Å²) >= 11 is 0. The van der Waals surface area contributed by atoms with Gasteiger partial charge >= 0.3 is 0 Å². The molecular weight excluding hydrogens is 240 g/mol. The van der Waals surface area contributed by atoms with Gasteiger partial charge in [0, 0.05) is 19.7 Å². The molecule has 1 aromatic rings. The van der Waals surface area contributed by atoms with Crippen LogP contribution in [-0.4, -0.2) is 41.4 Å². The summed E-state index contributed by atoms with van der Waals surface area (Å²) in [6, 6.07) is 2.06. The van der Waals surface area contributed by atoms with Crippen LogP contribution in [0.2, 0.25) is 0 Å². The first-order valence-electron chi connectivity index (χ1n) is 6.64. The fraction of sp³-hybridized carbons (Fsp3) is 0.600. The van der Waals surface area contributed by atoms with E-state index in [1.165, 1.54) is 0 Å². The van der Waals surface area contributed by atoms with E-state index in [1.54, 1.807) is 14.2 Å². The van der Waals surface area contributed by atoms with E-state index >= 15 is 0 Å². The Morgan fingerprint density at radius 1 is 1.16 bits per heavy atom. The molecule has 0 saturated carbocycles. The van der Waals surface area contributed by atoms with Crippen LogP contribution in [0.3, 0.4) is 0 Å². The molecule has 0 radical (unpaired) electrons. The minimum Gasteiger partial charge on any atom is -0.496 e. The number of nitrogens with zero attached hydrogens (tertiary/aromatic N) is 1. The van der Waals surface area contributed by atoms with Crippen molar-refractivity contribution in [2.24, 2.45) is 0 Å². The summed E-state index contributed by atoms with van der Waals surface area (Å²) in [6.07, 6.45) is 1.09. The molecule has 0 atom stereocenters. The predicted molar refractivity (Wildman–Crippen MR) is 80.8 cm³/mol. The van der Waals surface area contributed by atoms with Crippen molar-refractivity contribution in [1.29, 1.82) is 0 Å². The molecule has 4 heteroatoms. The lowest BCUT2D eigenvalue weighted by atomic mass is 10.1. The Kier molecular flexibility index (Phi) is 5.96. The summed E-state index contributed by atoms with van der Waals surface area (Å²) in [6.45, 7) is 6.11. The van der Waals surface area contributed by atoms with Crippen molar-refractivity contribution < 1.29 is 9.47 Å². The molecule has 1 aromatic carbocycles. The number of hydrogen-bond donors (Lipinski definition) is 1. The Hall–Kier alpha value is -1.42. The van der Waals surface area contributed by atoms with Crippen LogP contribution in [0.1, 0.15) is 17.5 Å². The quantitative estimate of drug-likeness (QED) is 0.768. The van der Waals surface area contributed by atoms with Crippen LogP contribution in [0.5, 0.6) is 11.5 Å². The van der Waals surface area contributed by atoms with Crippen LogP contribution >= 0.6 is 0 Å². The summed E-state index contributed by atoms with van der Waals surface area (Å²) in [5, 5.41) is 3.16. The summed E-state index contributed by atoms with van der Waals surface area (Å²) < 4.78 is 11.0. The van der Waals surface area contributed by atoms with Gasteiger partial charge < -0.3 is 19.7 Å². The standard InChI is InChI=1S/C15H26N2O2/c1-11-12(2)15(19-6)13(10-14(11)18-5)17(4)9-7-8-16-3/h10,16H,7-9H2,1-6H3. The van der Waals surface area contributed by atoms with Gasteiger partial charge in [-0.3, -0.25) is 0 Å². The Balaban J connectivity index is 3.07. The third kappa shape index (κ3) is 3.53. The second kappa shape index (κ2) is 7.24. The van der Waals surface area contributed by atoms with Gasteiger partial charge in [-0.2, -0.15) is 0 Å². The van der Waals surface area contributed by atoms with Crippen LogP contribution in [0.15, 0.2) is 6.07 Å². The van der Waals surface area contributed by atoms with Gasteiger partial charge in [-0.1, -0.05) is 0 Å². The summed E-state index contributed by atoms with van der Waals surface area (Å²) in [5.74, 6) is 1.85. The van der Waals surface area contributed by atoms with Crippen molar-refractivity contribution in [3.05, 3.63) is 17.2 Å². The van der Waals surface area contributed by atoms with Crippen LogP contribution in [0, 0.1) is 13.8 Å². The summed E-state index contributed by atoms with van der Waals surface area (Å²) in [7, 11) is 7.49. The highest BCUT2D eigenvalue weighted by molar-refractivity contribution is 5.67. The van der Waals surface area contributed by atoms with Crippen molar-refractivity contribution in [2.75, 3.05) is 46.3 Å². The van der Waals surface area contributed by atoms with E-state index in [0.717, 1.165) is 47.8 Å². The predicted octanol–water partition coefficient (Wildman–Crippen LogP) is 2.37. The number of rotatable bonds is 7. The second-order valence-electron chi connectivity index (χ2n) is 4.76. The van der Waals surface area contributed by atoms with E-state index in [4.69, 9.17) is 9.47 Å². The normalized spacial score (nSPS) is 10.4. The average Bonchev–Trinajstić information content (AvgIpc) is 2.41. The van der Waals surface area contributed by atoms with Crippen LogP contribution < -0.4 is 19.7 Å². The molecule has 0 spiro atoms. The first kappa shape index (κ1) is 15.6. The van der Waals surface area contributed by atoms with Crippen molar-refractivity contribution in [3.8, 4) is 11.5 Å². The number of methoxy groups -OCH3 is 2. The maximum absolute atomic E-state index is 5.57. The number of ether oxygens (including phenoxy) is 2. The third-order valence-corrected chi connectivity index (χ3v) is 3.53. The van der Waals surface area contributed by atoms with Gasteiger partial charge in [0.05, 0.1) is 19.9 Å². The molecule has 4 nitrogen and oxygen atoms in total. The highest BCUT2D eigenvalue weighted by Gasteiger charge is 2.16. The number of benzene rings is 1. The number of anilines is 1. The number of hydrogen-bond acceptors (Lipinski definition) is 4. The Morgan fingerprint density at radius 2 is 1.84 bits per heavy atom. The van der Waals surface area contributed by atoms with Crippen LogP contribution in [0.4, 0.5) is 5.69 Å². The molecule has 0 unspecified atom stereocenters. The van der Waals surface area contributed by atoms with Crippen molar-refractivity contribution >= 4 is 5.69 Å². The third-order valence-electron chi connectivity index (χ3n) is 3.53. The summed E-state index contributed by atoms with van der Waals surface area (Å²) in [5.41, 5.74) is 3.35. The zero-order valence-electron chi connectivity index (χ0n) is 13.0. The maximum Gasteiger partial charge on any atom is 0.145 e. The van der Waals surface area contributed by atoms with Crippen molar-refractivity contribution in [1.82, 2.24) is 5.32 Å². The minimum absolute atomic E-state index is 0.911. The summed E-state index contributed by atoms with van der Waals surface area (Å²) in [4.78, 5) is 2.21. The molecule has 0 heterocycles. The molecule has 108 valence electrons. The Labute approximate surface area is 116 Å². The molecule has 0 aliphatic rings. The monoisotopic (exact) mass is 266 g/mol. The van der Waals surface area contributed by atoms with E-state index in [0.29, 0.717) is 0 Å². The zero-order valence-corrected chi connectivity index (χ0v) is 13.0. The lowest BCUT2D eigenvalue weighted by molar-refractivity contribution is 0.398. The second-order valence-corrected chi connectivity index (χ2v) is 4.76. The average molecular weight is 266 g/mol. The smallest absolute Gasteiger partial charge is 0.145 e. The SMILES string of the molecule is CNCCCN(C)c1cc(OC)c(C)c(C)c1OC. The van der Waals surface area contributed by atoms with E-state index in [1.807, 2.05) is 7.05 Å². The van der Waals surface area contributed by atoms with E-state index in [-0.39, 0.29) is 0 Å².